The average molecular weight is 397 g/mol. The Morgan fingerprint density at radius 2 is 1.93 bits per heavy atom. The molecule has 0 saturated carbocycles. The third-order valence-electron chi connectivity index (χ3n) is 5.16. The lowest BCUT2D eigenvalue weighted by atomic mass is 9.91. The maximum atomic E-state index is 12.8. The van der Waals surface area contributed by atoms with Crippen LogP contribution in [0.4, 0.5) is 5.95 Å². The Morgan fingerprint density at radius 3 is 2.61 bits per heavy atom. The Morgan fingerprint density at radius 1 is 1.18 bits per heavy atom. The van der Waals surface area contributed by atoms with E-state index in [4.69, 9.17) is 16.3 Å². The molecule has 2 heterocycles. The lowest BCUT2D eigenvalue weighted by Gasteiger charge is -2.39. The molecule has 0 aliphatic carbocycles. The third-order valence-corrected chi connectivity index (χ3v) is 5.50. The number of halogens is 1. The topological polar surface area (TPSA) is 60.2 Å². The van der Waals surface area contributed by atoms with E-state index in [2.05, 4.69) is 10.1 Å². The number of carbonyl (C=O) groups is 1. The van der Waals surface area contributed by atoms with Gasteiger partial charge in [-0.1, -0.05) is 48.9 Å². The van der Waals surface area contributed by atoms with Gasteiger partial charge in [-0.2, -0.15) is 10.1 Å². The van der Waals surface area contributed by atoms with E-state index in [0.717, 1.165) is 16.9 Å². The number of hydrogen-bond donors (Lipinski definition) is 0. The summed E-state index contributed by atoms with van der Waals surface area (Å²) in [7, 11) is 1.64. The smallest absolute Gasteiger partial charge is 0.231 e. The van der Waals surface area contributed by atoms with Crippen molar-refractivity contribution in [2.45, 2.75) is 31.8 Å². The van der Waals surface area contributed by atoms with E-state index in [0.29, 0.717) is 23.8 Å². The fourth-order valence-electron chi connectivity index (χ4n) is 3.76. The second-order valence-corrected chi connectivity index (χ2v) is 7.09. The quantitative estimate of drug-likeness (QED) is 0.655. The number of methoxy groups -OCH3 is 1. The molecule has 0 saturated heterocycles. The molecule has 0 radical (unpaired) electrons. The van der Waals surface area contributed by atoms with Gasteiger partial charge in [0.15, 0.2) is 0 Å². The van der Waals surface area contributed by atoms with Crippen LogP contribution in [-0.4, -0.2) is 27.8 Å². The molecule has 4 rings (SSSR count). The molecule has 1 aliphatic rings. The second-order valence-electron chi connectivity index (χ2n) is 6.68. The van der Waals surface area contributed by atoms with Crippen molar-refractivity contribution in [1.29, 1.82) is 0 Å². The zero-order valence-corrected chi connectivity index (χ0v) is 16.5. The van der Waals surface area contributed by atoms with Crippen LogP contribution in [0.3, 0.4) is 0 Å². The Hall–Kier alpha value is -2.86. The van der Waals surface area contributed by atoms with Crippen molar-refractivity contribution < 1.29 is 9.53 Å². The average Bonchev–Trinajstić information content (AvgIpc) is 3.22. The van der Waals surface area contributed by atoms with E-state index >= 15 is 0 Å². The van der Waals surface area contributed by atoms with E-state index in [1.165, 1.54) is 6.33 Å². The summed E-state index contributed by atoms with van der Waals surface area (Å²) in [6.07, 6.45) is 2.53. The maximum Gasteiger partial charge on any atom is 0.231 e. The van der Waals surface area contributed by atoms with Crippen LogP contribution < -0.4 is 9.64 Å². The summed E-state index contributed by atoms with van der Waals surface area (Å²) in [5, 5.41) is 5.09. The first-order valence-corrected chi connectivity index (χ1v) is 9.61. The fraction of sp³-hybridized carbons (Fsp3) is 0.286. The first kappa shape index (κ1) is 18.5. The van der Waals surface area contributed by atoms with Crippen LogP contribution in [0.1, 0.15) is 43.0 Å². The highest BCUT2D eigenvalue weighted by Crippen LogP contribution is 2.43. The van der Waals surface area contributed by atoms with E-state index in [1.807, 2.05) is 55.5 Å². The summed E-state index contributed by atoms with van der Waals surface area (Å²) in [4.78, 5) is 19.0. The van der Waals surface area contributed by atoms with Crippen LogP contribution in [0, 0.1) is 0 Å². The Labute approximate surface area is 168 Å². The third kappa shape index (κ3) is 3.14. The number of aromatic nitrogens is 3. The minimum Gasteiger partial charge on any atom is -0.497 e. The Balaban J connectivity index is 1.84. The molecule has 0 spiro atoms. The number of anilines is 1. The number of fused-ring (bicyclic) bond motifs is 1. The van der Waals surface area contributed by atoms with Gasteiger partial charge in [-0.15, -0.1) is 0 Å². The number of carbonyl (C=O) groups excluding carboxylic acids is 1. The lowest BCUT2D eigenvalue weighted by Crippen LogP contribution is -2.42. The van der Waals surface area contributed by atoms with Crippen LogP contribution >= 0.6 is 11.6 Å². The SMILES string of the molecule is CCC(=O)N1c2ncnn2[C@@H](c2ccccc2Cl)C[C@H]1c1ccc(OC)cc1. The van der Waals surface area contributed by atoms with Crippen LogP contribution in [-0.2, 0) is 4.79 Å². The van der Waals surface area contributed by atoms with E-state index in [-0.39, 0.29) is 18.0 Å². The van der Waals surface area contributed by atoms with Crippen LogP contribution in [0.15, 0.2) is 54.9 Å². The normalized spacial score (nSPS) is 18.6. The first-order chi connectivity index (χ1) is 13.6. The van der Waals surface area contributed by atoms with Gasteiger partial charge in [0.05, 0.1) is 19.2 Å². The number of benzene rings is 2. The van der Waals surface area contributed by atoms with Crippen molar-refractivity contribution in [3.63, 3.8) is 0 Å². The molecule has 144 valence electrons. The molecule has 0 bridgehead atoms. The zero-order valence-electron chi connectivity index (χ0n) is 15.7. The fourth-order valence-corrected chi connectivity index (χ4v) is 4.03. The van der Waals surface area contributed by atoms with E-state index in [1.54, 1.807) is 16.7 Å². The van der Waals surface area contributed by atoms with Gasteiger partial charge in [-0.05, 0) is 35.7 Å². The highest BCUT2D eigenvalue weighted by Gasteiger charge is 2.39. The van der Waals surface area contributed by atoms with Crippen molar-refractivity contribution in [3.8, 4) is 5.75 Å². The molecule has 0 N–H and O–H groups in total. The number of hydrogen-bond acceptors (Lipinski definition) is 4. The largest absolute Gasteiger partial charge is 0.497 e. The molecule has 28 heavy (non-hydrogen) atoms. The first-order valence-electron chi connectivity index (χ1n) is 9.24. The van der Waals surface area contributed by atoms with Crippen molar-refractivity contribution >= 4 is 23.5 Å². The molecule has 6 nitrogen and oxygen atoms in total. The molecule has 1 aromatic heterocycles. The lowest BCUT2D eigenvalue weighted by molar-refractivity contribution is -0.119. The van der Waals surface area contributed by atoms with Crippen molar-refractivity contribution in [3.05, 3.63) is 71.0 Å². The molecule has 2 atom stereocenters. The highest BCUT2D eigenvalue weighted by molar-refractivity contribution is 6.31. The molecule has 0 fully saturated rings. The van der Waals surface area contributed by atoms with Crippen molar-refractivity contribution in [2.24, 2.45) is 0 Å². The van der Waals surface area contributed by atoms with Gasteiger partial charge in [-0.25, -0.2) is 4.68 Å². The van der Waals surface area contributed by atoms with E-state index in [9.17, 15) is 4.79 Å². The van der Waals surface area contributed by atoms with Gasteiger partial charge in [0.1, 0.15) is 12.1 Å². The minimum absolute atomic E-state index is 0.00711. The second kappa shape index (κ2) is 7.64. The summed E-state index contributed by atoms with van der Waals surface area (Å²) in [6.45, 7) is 1.86. The monoisotopic (exact) mass is 396 g/mol. The Kier molecular flexibility index (Phi) is 5.05. The van der Waals surface area contributed by atoms with Crippen LogP contribution in [0.25, 0.3) is 0 Å². The van der Waals surface area contributed by atoms with Gasteiger partial charge in [-0.3, -0.25) is 9.69 Å². The minimum atomic E-state index is -0.170. The van der Waals surface area contributed by atoms with Crippen LogP contribution in [0.5, 0.6) is 5.75 Å². The highest BCUT2D eigenvalue weighted by atomic mass is 35.5. The zero-order chi connectivity index (χ0) is 19.7. The van der Waals surface area contributed by atoms with Gasteiger partial charge >= 0.3 is 0 Å². The van der Waals surface area contributed by atoms with Crippen molar-refractivity contribution in [1.82, 2.24) is 14.8 Å². The summed E-state index contributed by atoms with van der Waals surface area (Å²) in [6, 6.07) is 15.3. The molecule has 2 aromatic carbocycles. The predicted octanol–water partition coefficient (Wildman–Crippen LogP) is 4.42. The van der Waals surface area contributed by atoms with Crippen molar-refractivity contribution in [2.75, 3.05) is 12.0 Å². The molecular formula is C21H21ClN4O2. The maximum absolute atomic E-state index is 12.8. The number of rotatable bonds is 4. The summed E-state index contributed by atoms with van der Waals surface area (Å²) in [5.41, 5.74) is 1.99. The van der Waals surface area contributed by atoms with Gasteiger partial charge in [0.25, 0.3) is 0 Å². The number of ether oxygens (including phenoxy) is 1. The van der Waals surface area contributed by atoms with Gasteiger partial charge < -0.3 is 4.74 Å². The summed E-state index contributed by atoms with van der Waals surface area (Å²) < 4.78 is 7.08. The Bertz CT molecular complexity index is 986. The summed E-state index contributed by atoms with van der Waals surface area (Å²) >= 11 is 6.49. The predicted molar refractivity (Wildman–Crippen MR) is 108 cm³/mol. The molecule has 3 aromatic rings. The summed E-state index contributed by atoms with van der Waals surface area (Å²) in [5.74, 6) is 1.33. The van der Waals surface area contributed by atoms with Gasteiger partial charge in [0, 0.05) is 11.4 Å². The molecular weight excluding hydrogens is 376 g/mol. The standard InChI is InChI=1S/C21H21ClN4O2/c1-3-20(27)25-18(14-8-10-15(28-2)11-9-14)12-19(26-21(25)23-13-24-26)16-6-4-5-7-17(16)22/h4-11,13,18-19H,3,12H2,1-2H3/t18-,19+/m0/s1. The van der Waals surface area contributed by atoms with Crippen LogP contribution in [0.2, 0.25) is 5.02 Å². The van der Waals surface area contributed by atoms with Gasteiger partial charge in [0.2, 0.25) is 11.9 Å². The molecule has 1 amide bonds. The molecule has 7 heteroatoms. The number of nitrogens with zero attached hydrogens (tertiary/aromatic N) is 4. The molecule has 0 unspecified atom stereocenters. The van der Waals surface area contributed by atoms with E-state index < -0.39 is 0 Å². The number of amides is 1. The molecule has 1 aliphatic heterocycles.